The molecule has 3 heterocycles. The molecular formula is C24H18ClN5S. The van der Waals surface area contributed by atoms with Crippen molar-refractivity contribution in [3.8, 4) is 11.4 Å². The number of fused-ring (bicyclic) bond motifs is 3. The van der Waals surface area contributed by atoms with E-state index in [1.807, 2.05) is 35.0 Å². The van der Waals surface area contributed by atoms with Gasteiger partial charge in [-0.2, -0.15) is 9.78 Å². The summed E-state index contributed by atoms with van der Waals surface area (Å²) >= 11 is 7.87. The molecule has 0 radical (unpaired) electrons. The van der Waals surface area contributed by atoms with Crippen LogP contribution in [0.4, 0.5) is 5.69 Å². The number of para-hydroxylation sites is 1. The number of aromatic nitrogens is 3. The lowest BCUT2D eigenvalue weighted by atomic mass is 10.0. The highest BCUT2D eigenvalue weighted by atomic mass is 35.5. The van der Waals surface area contributed by atoms with E-state index in [4.69, 9.17) is 26.8 Å². The van der Waals surface area contributed by atoms with Crippen molar-refractivity contribution in [2.45, 2.75) is 23.4 Å². The van der Waals surface area contributed by atoms with Gasteiger partial charge in [-0.15, -0.1) is 5.10 Å². The molecule has 31 heavy (non-hydrogen) atoms. The summed E-state index contributed by atoms with van der Waals surface area (Å²) in [6, 6.07) is 26.6. The highest BCUT2D eigenvalue weighted by Crippen LogP contribution is 2.47. The molecule has 0 amide bonds. The molecule has 0 fully saturated rings. The SMILES string of the molecule is Cc1ccc(-c2nc3n(n2)C2=NN(c4ccccc4)[C@@H](c4ccc(Cl)cc4)[C@@H]2S3)cc1. The Labute approximate surface area is 189 Å². The standard InChI is InChI=1S/C24H18ClN5S/c1-15-7-9-17(10-8-15)22-26-24-30(27-22)23-21(31-24)20(16-11-13-18(25)14-12-16)29(28-23)19-5-3-2-4-6-19/h2-14,20-21H,1H3/t20-,21-/m0/s1. The predicted molar refractivity (Wildman–Crippen MR) is 126 cm³/mol. The van der Waals surface area contributed by atoms with Crippen LogP contribution in [-0.2, 0) is 0 Å². The Morgan fingerprint density at radius 1 is 0.903 bits per heavy atom. The summed E-state index contributed by atoms with van der Waals surface area (Å²) in [5.41, 5.74) is 4.44. The molecular weight excluding hydrogens is 426 g/mol. The Balaban J connectivity index is 1.42. The van der Waals surface area contributed by atoms with Crippen LogP contribution in [-0.4, -0.2) is 25.9 Å². The van der Waals surface area contributed by atoms with Crippen molar-refractivity contribution in [1.29, 1.82) is 0 Å². The van der Waals surface area contributed by atoms with Crippen LogP contribution in [0.5, 0.6) is 0 Å². The minimum atomic E-state index is 0.0333. The molecule has 0 unspecified atom stereocenters. The van der Waals surface area contributed by atoms with E-state index in [2.05, 4.69) is 60.5 Å². The topological polar surface area (TPSA) is 46.3 Å². The van der Waals surface area contributed by atoms with Crippen molar-refractivity contribution < 1.29 is 0 Å². The van der Waals surface area contributed by atoms with Crippen molar-refractivity contribution in [2.75, 3.05) is 5.01 Å². The molecule has 2 aliphatic rings. The summed E-state index contributed by atoms with van der Waals surface area (Å²) in [4.78, 5) is 4.81. The number of hydrogen-bond acceptors (Lipinski definition) is 5. The largest absolute Gasteiger partial charge is 0.255 e. The van der Waals surface area contributed by atoms with Crippen LogP contribution in [0.25, 0.3) is 11.4 Å². The van der Waals surface area contributed by atoms with Crippen molar-refractivity contribution >= 4 is 34.9 Å². The maximum atomic E-state index is 6.15. The summed E-state index contributed by atoms with van der Waals surface area (Å²) in [6.07, 6.45) is 0. The zero-order valence-electron chi connectivity index (χ0n) is 16.7. The lowest BCUT2D eigenvalue weighted by Crippen LogP contribution is -2.27. The summed E-state index contributed by atoms with van der Waals surface area (Å²) in [7, 11) is 0. The number of hydrogen-bond donors (Lipinski definition) is 0. The molecule has 4 aromatic rings. The maximum Gasteiger partial charge on any atom is 0.193 e. The fourth-order valence-electron chi connectivity index (χ4n) is 4.02. The molecule has 0 spiro atoms. The van der Waals surface area contributed by atoms with Gasteiger partial charge in [0.1, 0.15) is 5.25 Å². The monoisotopic (exact) mass is 443 g/mol. The average molecular weight is 444 g/mol. The Kier molecular flexibility index (Phi) is 4.37. The first-order valence-electron chi connectivity index (χ1n) is 10.1. The number of thioether (sulfide) groups is 1. The Bertz CT molecular complexity index is 1280. The molecule has 0 saturated carbocycles. The second kappa shape index (κ2) is 7.25. The van der Waals surface area contributed by atoms with Gasteiger partial charge in [0.2, 0.25) is 0 Å². The maximum absolute atomic E-state index is 6.15. The minimum absolute atomic E-state index is 0.0333. The Hall–Kier alpha value is -3.09. The minimum Gasteiger partial charge on any atom is -0.255 e. The molecule has 152 valence electrons. The third-order valence-corrected chi connectivity index (χ3v) is 7.03. The lowest BCUT2D eigenvalue weighted by molar-refractivity contribution is 0.718. The highest BCUT2D eigenvalue weighted by Gasteiger charge is 2.47. The fraction of sp³-hybridized carbons (Fsp3) is 0.125. The molecule has 2 aliphatic heterocycles. The van der Waals surface area contributed by atoms with Crippen LogP contribution in [0.3, 0.4) is 0 Å². The summed E-state index contributed by atoms with van der Waals surface area (Å²) < 4.78 is 1.90. The number of nitrogens with zero attached hydrogens (tertiary/aromatic N) is 5. The van der Waals surface area contributed by atoms with E-state index in [0.29, 0.717) is 0 Å². The van der Waals surface area contributed by atoms with Gasteiger partial charge in [0, 0.05) is 10.6 Å². The zero-order chi connectivity index (χ0) is 20.9. The fourth-order valence-corrected chi connectivity index (χ4v) is 5.40. The second-order valence-corrected chi connectivity index (χ2v) is 9.21. The van der Waals surface area contributed by atoms with Crippen LogP contribution < -0.4 is 5.01 Å². The molecule has 7 heteroatoms. The molecule has 2 atom stereocenters. The smallest absolute Gasteiger partial charge is 0.193 e. The number of aryl methyl sites for hydroxylation is 1. The van der Waals surface area contributed by atoms with Crippen molar-refractivity contribution in [1.82, 2.24) is 14.8 Å². The van der Waals surface area contributed by atoms with E-state index < -0.39 is 0 Å². The second-order valence-electron chi connectivity index (χ2n) is 7.67. The van der Waals surface area contributed by atoms with Crippen molar-refractivity contribution in [3.05, 3.63) is 95.0 Å². The first kappa shape index (κ1) is 18.7. The third kappa shape index (κ3) is 3.14. The van der Waals surface area contributed by atoms with Gasteiger partial charge in [0.25, 0.3) is 0 Å². The first-order chi connectivity index (χ1) is 15.2. The van der Waals surface area contributed by atoms with E-state index in [0.717, 1.165) is 38.7 Å². The predicted octanol–water partition coefficient (Wildman–Crippen LogP) is 5.80. The van der Waals surface area contributed by atoms with Gasteiger partial charge in [-0.3, -0.25) is 5.01 Å². The Morgan fingerprint density at radius 3 is 2.39 bits per heavy atom. The van der Waals surface area contributed by atoms with Gasteiger partial charge in [0.05, 0.1) is 11.7 Å². The van der Waals surface area contributed by atoms with Crippen LogP contribution in [0, 0.1) is 6.92 Å². The van der Waals surface area contributed by atoms with Gasteiger partial charge in [0.15, 0.2) is 16.8 Å². The zero-order valence-corrected chi connectivity index (χ0v) is 18.3. The molecule has 1 aromatic heterocycles. The summed E-state index contributed by atoms with van der Waals surface area (Å²) in [5, 5.41) is 13.6. The van der Waals surface area contributed by atoms with E-state index in [-0.39, 0.29) is 11.3 Å². The molecule has 0 bridgehead atoms. The van der Waals surface area contributed by atoms with Gasteiger partial charge < -0.3 is 0 Å². The molecule has 6 rings (SSSR count). The summed E-state index contributed by atoms with van der Waals surface area (Å²) in [5.74, 6) is 1.64. The number of anilines is 1. The number of rotatable bonds is 3. The van der Waals surface area contributed by atoms with Crippen LogP contribution in [0.15, 0.2) is 89.1 Å². The summed E-state index contributed by atoms with van der Waals surface area (Å²) in [6.45, 7) is 2.08. The van der Waals surface area contributed by atoms with E-state index >= 15 is 0 Å². The van der Waals surface area contributed by atoms with Gasteiger partial charge in [-0.05, 0) is 36.8 Å². The van der Waals surface area contributed by atoms with Crippen molar-refractivity contribution in [2.24, 2.45) is 5.10 Å². The normalized spacial score (nSPS) is 19.3. The van der Waals surface area contributed by atoms with E-state index in [1.54, 1.807) is 11.8 Å². The van der Waals surface area contributed by atoms with Crippen LogP contribution >= 0.6 is 23.4 Å². The van der Waals surface area contributed by atoms with Gasteiger partial charge in [-0.1, -0.05) is 83.5 Å². The molecule has 0 N–H and O–H groups in total. The molecule has 5 nitrogen and oxygen atoms in total. The van der Waals surface area contributed by atoms with Crippen LogP contribution in [0.1, 0.15) is 17.2 Å². The molecule has 0 aliphatic carbocycles. The number of halogens is 1. The number of hydrazone groups is 1. The quantitative estimate of drug-likeness (QED) is 0.401. The lowest BCUT2D eigenvalue weighted by Gasteiger charge is -2.26. The Morgan fingerprint density at radius 2 is 1.65 bits per heavy atom. The highest BCUT2D eigenvalue weighted by molar-refractivity contribution is 8.01. The van der Waals surface area contributed by atoms with Gasteiger partial charge in [-0.25, -0.2) is 4.98 Å². The van der Waals surface area contributed by atoms with Crippen molar-refractivity contribution in [3.63, 3.8) is 0 Å². The third-order valence-electron chi connectivity index (χ3n) is 5.58. The van der Waals surface area contributed by atoms with Gasteiger partial charge >= 0.3 is 0 Å². The average Bonchev–Trinajstić information content (AvgIpc) is 3.45. The number of benzene rings is 3. The molecule has 3 aromatic carbocycles. The van der Waals surface area contributed by atoms with E-state index in [9.17, 15) is 0 Å². The van der Waals surface area contributed by atoms with Crippen LogP contribution in [0.2, 0.25) is 5.02 Å². The first-order valence-corrected chi connectivity index (χ1v) is 11.3. The molecule has 0 saturated heterocycles. The van der Waals surface area contributed by atoms with E-state index in [1.165, 1.54) is 5.56 Å².